The Balaban J connectivity index is 1.75. The molecule has 0 saturated heterocycles. The fourth-order valence-corrected chi connectivity index (χ4v) is 2.93. The molecule has 1 amide bonds. The van der Waals surface area contributed by atoms with Gasteiger partial charge in [0.25, 0.3) is 5.91 Å². The molecule has 0 atom stereocenters. The number of hydrogen-bond donors (Lipinski definition) is 2. The molecule has 0 radical (unpaired) electrons. The first-order valence-corrected chi connectivity index (χ1v) is 8.10. The molecule has 124 valence electrons. The Hall–Kier alpha value is -2.87. The van der Waals surface area contributed by atoms with Crippen molar-refractivity contribution in [2.24, 2.45) is 0 Å². The van der Waals surface area contributed by atoms with Gasteiger partial charge in [0.1, 0.15) is 11.5 Å². The molecule has 24 heavy (non-hydrogen) atoms. The molecule has 3 aromatic heterocycles. The number of nitrogens with zero attached hydrogens (tertiary/aromatic N) is 1. The molecular formula is C16H15N3O4S. The van der Waals surface area contributed by atoms with Crippen LogP contribution in [0.25, 0.3) is 11.3 Å². The molecule has 2 N–H and O–H groups in total. The molecule has 0 aliphatic rings. The summed E-state index contributed by atoms with van der Waals surface area (Å²) in [5, 5.41) is 5.03. The fourth-order valence-electron chi connectivity index (χ4n) is 2.21. The molecule has 0 bridgehead atoms. The number of aromatic nitrogens is 2. The van der Waals surface area contributed by atoms with Crippen molar-refractivity contribution >= 4 is 28.3 Å². The molecule has 0 unspecified atom stereocenters. The van der Waals surface area contributed by atoms with Crippen LogP contribution in [-0.4, -0.2) is 29.0 Å². The van der Waals surface area contributed by atoms with Gasteiger partial charge in [0.15, 0.2) is 5.13 Å². The van der Waals surface area contributed by atoms with Crippen LogP contribution in [0.15, 0.2) is 34.4 Å². The van der Waals surface area contributed by atoms with E-state index in [1.165, 1.54) is 24.7 Å². The van der Waals surface area contributed by atoms with E-state index in [2.05, 4.69) is 20.0 Å². The van der Waals surface area contributed by atoms with Crippen LogP contribution >= 0.6 is 11.3 Å². The quantitative estimate of drug-likeness (QED) is 0.691. The zero-order valence-electron chi connectivity index (χ0n) is 13.1. The van der Waals surface area contributed by atoms with Crippen molar-refractivity contribution in [1.82, 2.24) is 9.97 Å². The lowest BCUT2D eigenvalue weighted by molar-refractivity contribution is 0.0594. The second-order valence-corrected chi connectivity index (χ2v) is 5.75. The number of thiazole rings is 1. The maximum absolute atomic E-state index is 12.3. The maximum Gasteiger partial charge on any atom is 0.354 e. The lowest BCUT2D eigenvalue weighted by atomic mass is 10.2. The minimum atomic E-state index is -0.447. The largest absolute Gasteiger partial charge is 0.469 e. The van der Waals surface area contributed by atoms with Gasteiger partial charge < -0.3 is 14.1 Å². The summed E-state index contributed by atoms with van der Waals surface area (Å²) in [5.74, 6) is -0.0690. The van der Waals surface area contributed by atoms with Crippen molar-refractivity contribution in [3.63, 3.8) is 0 Å². The topological polar surface area (TPSA) is 97.2 Å². The highest BCUT2D eigenvalue weighted by Gasteiger charge is 2.16. The van der Waals surface area contributed by atoms with Gasteiger partial charge in [0.05, 0.1) is 24.6 Å². The maximum atomic E-state index is 12.3. The Kier molecular flexibility index (Phi) is 4.48. The number of anilines is 1. The molecule has 8 heteroatoms. The number of carbonyl (C=O) groups excluding carboxylic acids is 2. The second-order valence-electron chi connectivity index (χ2n) is 4.90. The van der Waals surface area contributed by atoms with E-state index in [0.29, 0.717) is 34.3 Å². The molecular weight excluding hydrogens is 330 g/mol. The van der Waals surface area contributed by atoms with Gasteiger partial charge in [-0.3, -0.25) is 10.1 Å². The summed E-state index contributed by atoms with van der Waals surface area (Å²) in [5.41, 5.74) is 2.25. The van der Waals surface area contributed by atoms with Crippen LogP contribution < -0.4 is 5.32 Å². The third-order valence-electron chi connectivity index (χ3n) is 3.42. The van der Waals surface area contributed by atoms with E-state index in [1.807, 2.05) is 6.92 Å². The number of amides is 1. The van der Waals surface area contributed by atoms with Gasteiger partial charge in [-0.25, -0.2) is 9.78 Å². The van der Waals surface area contributed by atoms with Gasteiger partial charge in [0.2, 0.25) is 0 Å². The lowest BCUT2D eigenvalue weighted by Crippen LogP contribution is -2.12. The van der Waals surface area contributed by atoms with Crippen molar-refractivity contribution in [3.05, 3.63) is 47.0 Å². The van der Waals surface area contributed by atoms with Crippen LogP contribution in [0, 0.1) is 0 Å². The molecule has 3 rings (SSSR count). The van der Waals surface area contributed by atoms with Crippen molar-refractivity contribution in [2.75, 3.05) is 12.4 Å². The Morgan fingerprint density at radius 2 is 2.29 bits per heavy atom. The van der Waals surface area contributed by atoms with Crippen LogP contribution in [0.1, 0.15) is 33.5 Å². The molecule has 0 fully saturated rings. The molecule has 0 spiro atoms. The SMILES string of the molecule is CCc1occc1C(=O)Nc1nc(-c2c[nH]c(C(=O)OC)c2)cs1. The van der Waals surface area contributed by atoms with E-state index < -0.39 is 5.97 Å². The zero-order chi connectivity index (χ0) is 17.1. The van der Waals surface area contributed by atoms with Gasteiger partial charge in [-0.2, -0.15) is 0 Å². The predicted molar refractivity (Wildman–Crippen MR) is 89.3 cm³/mol. The summed E-state index contributed by atoms with van der Waals surface area (Å²) in [6, 6.07) is 3.29. The van der Waals surface area contributed by atoms with Gasteiger partial charge >= 0.3 is 5.97 Å². The molecule has 7 nitrogen and oxygen atoms in total. The monoisotopic (exact) mass is 345 g/mol. The predicted octanol–water partition coefficient (Wildman–Crippen LogP) is 3.33. The van der Waals surface area contributed by atoms with Crippen molar-refractivity contribution in [3.8, 4) is 11.3 Å². The molecule has 0 saturated carbocycles. The first-order chi connectivity index (χ1) is 11.6. The van der Waals surface area contributed by atoms with Crippen molar-refractivity contribution in [1.29, 1.82) is 0 Å². The second kappa shape index (κ2) is 6.71. The van der Waals surface area contributed by atoms with Crippen molar-refractivity contribution in [2.45, 2.75) is 13.3 Å². The zero-order valence-corrected chi connectivity index (χ0v) is 13.9. The van der Waals surface area contributed by atoms with E-state index in [9.17, 15) is 9.59 Å². The molecule has 3 aromatic rings. The van der Waals surface area contributed by atoms with Crippen LogP contribution in [-0.2, 0) is 11.2 Å². The molecule has 3 heterocycles. The van der Waals surface area contributed by atoms with Gasteiger partial charge in [-0.15, -0.1) is 11.3 Å². The normalized spacial score (nSPS) is 10.6. The number of furan rings is 1. The number of aryl methyl sites for hydroxylation is 1. The van der Waals surface area contributed by atoms with E-state index in [4.69, 9.17) is 4.42 Å². The molecule has 0 aliphatic carbocycles. The van der Waals surface area contributed by atoms with Gasteiger partial charge in [-0.1, -0.05) is 6.92 Å². The lowest BCUT2D eigenvalue weighted by Gasteiger charge is -2.00. The van der Waals surface area contributed by atoms with Crippen LogP contribution in [0.2, 0.25) is 0 Å². The standard InChI is InChI=1S/C16H15N3O4S/c1-3-13-10(4-5-23-13)14(20)19-16-18-12(8-24-16)9-6-11(17-7-9)15(21)22-2/h4-8,17H,3H2,1-2H3,(H,18,19,20). The Labute approximate surface area is 141 Å². The van der Waals surface area contributed by atoms with Crippen LogP contribution in [0.4, 0.5) is 5.13 Å². The fraction of sp³-hybridized carbons (Fsp3) is 0.188. The van der Waals surface area contributed by atoms with E-state index in [0.717, 1.165) is 5.56 Å². The van der Waals surface area contributed by atoms with Gasteiger partial charge in [-0.05, 0) is 12.1 Å². The smallest absolute Gasteiger partial charge is 0.354 e. The van der Waals surface area contributed by atoms with E-state index >= 15 is 0 Å². The van der Waals surface area contributed by atoms with Crippen LogP contribution in [0.5, 0.6) is 0 Å². The highest BCUT2D eigenvalue weighted by molar-refractivity contribution is 7.14. The number of ether oxygens (including phenoxy) is 1. The number of H-pyrrole nitrogens is 1. The number of aromatic amines is 1. The first-order valence-electron chi connectivity index (χ1n) is 7.22. The number of carbonyl (C=O) groups is 2. The minimum absolute atomic E-state index is 0.259. The van der Waals surface area contributed by atoms with E-state index in [1.54, 1.807) is 23.7 Å². The Bertz CT molecular complexity index is 877. The first kappa shape index (κ1) is 16.0. The number of rotatable bonds is 5. The summed E-state index contributed by atoms with van der Waals surface area (Å²) in [6.07, 6.45) is 3.80. The third-order valence-corrected chi connectivity index (χ3v) is 4.18. The summed E-state index contributed by atoms with van der Waals surface area (Å²) in [4.78, 5) is 30.9. The Morgan fingerprint density at radius 1 is 1.46 bits per heavy atom. The third kappa shape index (κ3) is 3.09. The molecule has 0 aliphatic heterocycles. The number of esters is 1. The van der Waals surface area contributed by atoms with Gasteiger partial charge in [0, 0.05) is 23.6 Å². The highest BCUT2D eigenvalue weighted by Crippen LogP contribution is 2.26. The number of hydrogen-bond acceptors (Lipinski definition) is 6. The summed E-state index contributed by atoms with van der Waals surface area (Å²) in [6.45, 7) is 1.92. The number of methoxy groups -OCH3 is 1. The summed E-state index contributed by atoms with van der Waals surface area (Å²) < 4.78 is 9.91. The Morgan fingerprint density at radius 3 is 3.04 bits per heavy atom. The summed E-state index contributed by atoms with van der Waals surface area (Å²) >= 11 is 1.30. The minimum Gasteiger partial charge on any atom is -0.469 e. The highest BCUT2D eigenvalue weighted by atomic mass is 32.1. The number of nitrogens with one attached hydrogen (secondary N) is 2. The average Bonchev–Trinajstić information content (AvgIpc) is 3.32. The van der Waals surface area contributed by atoms with Crippen LogP contribution in [0.3, 0.4) is 0 Å². The van der Waals surface area contributed by atoms with Crippen molar-refractivity contribution < 1.29 is 18.7 Å². The summed E-state index contributed by atoms with van der Waals surface area (Å²) in [7, 11) is 1.32. The average molecular weight is 345 g/mol. The van der Waals surface area contributed by atoms with E-state index in [-0.39, 0.29) is 5.91 Å². The molecule has 0 aromatic carbocycles.